The van der Waals surface area contributed by atoms with Crippen LogP contribution in [0.3, 0.4) is 0 Å². The summed E-state index contributed by atoms with van der Waals surface area (Å²) < 4.78 is 5.61. The van der Waals surface area contributed by atoms with Gasteiger partial charge in [-0.1, -0.05) is 76.2 Å². The zero-order chi connectivity index (χ0) is 25.8. The number of aliphatic carboxylic acids is 1. The van der Waals surface area contributed by atoms with E-state index in [9.17, 15) is 19.5 Å². The van der Waals surface area contributed by atoms with Crippen LogP contribution in [0.2, 0.25) is 0 Å². The highest BCUT2D eigenvalue weighted by Crippen LogP contribution is 2.44. The largest absolute Gasteiger partial charge is 0.481 e. The molecule has 0 saturated carbocycles. The summed E-state index contributed by atoms with van der Waals surface area (Å²) in [6.07, 6.45) is -0.0565. The zero-order valence-electron chi connectivity index (χ0n) is 21.2. The quantitative estimate of drug-likeness (QED) is 0.464. The second-order valence-corrected chi connectivity index (χ2v) is 10.7. The van der Waals surface area contributed by atoms with Gasteiger partial charge in [-0.2, -0.15) is 0 Å². The Kier molecular flexibility index (Phi) is 7.88. The molecule has 0 radical (unpaired) electrons. The van der Waals surface area contributed by atoms with Gasteiger partial charge < -0.3 is 20.5 Å². The Balaban J connectivity index is 1.67. The van der Waals surface area contributed by atoms with E-state index in [4.69, 9.17) is 4.74 Å². The van der Waals surface area contributed by atoms with E-state index in [1.54, 1.807) is 13.8 Å². The standard InChI is InChI=1S/C28H36N2O5/c1-6-28(5,25(33)29-18(15-24(31)32)16-27(2,3)4)30-26(34)35-17-23-21-13-9-7-11-19(21)20-12-8-10-14-22(20)23/h7-14,18,23H,6,15-17H2,1-5H3,(H,29,33)(H,30,34)(H,31,32). The first-order valence-corrected chi connectivity index (χ1v) is 12.1. The maximum Gasteiger partial charge on any atom is 0.408 e. The average molecular weight is 481 g/mol. The second kappa shape index (κ2) is 10.5. The molecule has 1 aliphatic rings. The summed E-state index contributed by atoms with van der Waals surface area (Å²) in [4.78, 5) is 37.2. The predicted molar refractivity (Wildman–Crippen MR) is 135 cm³/mol. The van der Waals surface area contributed by atoms with E-state index in [1.807, 2.05) is 57.2 Å². The smallest absolute Gasteiger partial charge is 0.408 e. The fraction of sp³-hybridized carbons (Fsp3) is 0.464. The molecule has 3 N–H and O–H groups in total. The van der Waals surface area contributed by atoms with Crippen molar-refractivity contribution in [1.82, 2.24) is 10.6 Å². The molecule has 2 amide bonds. The number of carbonyl (C=O) groups excluding carboxylic acids is 2. The lowest BCUT2D eigenvalue weighted by Crippen LogP contribution is -2.58. The van der Waals surface area contributed by atoms with Crippen molar-refractivity contribution in [1.29, 1.82) is 0 Å². The molecule has 0 aromatic heterocycles. The minimum Gasteiger partial charge on any atom is -0.481 e. The Morgan fingerprint density at radius 3 is 2.00 bits per heavy atom. The molecule has 35 heavy (non-hydrogen) atoms. The number of benzene rings is 2. The van der Waals surface area contributed by atoms with Crippen LogP contribution in [-0.2, 0) is 14.3 Å². The Hall–Kier alpha value is -3.35. The summed E-state index contributed by atoms with van der Waals surface area (Å²) in [5.41, 5.74) is 3.08. The van der Waals surface area contributed by atoms with Gasteiger partial charge in [0.1, 0.15) is 12.1 Å². The molecule has 0 fully saturated rings. The van der Waals surface area contributed by atoms with Crippen LogP contribution in [0, 0.1) is 5.41 Å². The van der Waals surface area contributed by atoms with Crippen molar-refractivity contribution >= 4 is 18.0 Å². The number of carbonyl (C=O) groups is 3. The minimum atomic E-state index is -1.24. The SMILES string of the molecule is CCC(C)(NC(=O)OCC1c2ccccc2-c2ccccc21)C(=O)NC(CC(=O)O)CC(C)(C)C. The van der Waals surface area contributed by atoms with Crippen molar-refractivity contribution in [2.45, 2.75) is 71.4 Å². The van der Waals surface area contributed by atoms with Crippen molar-refractivity contribution in [2.24, 2.45) is 5.41 Å². The van der Waals surface area contributed by atoms with Gasteiger partial charge in [0.05, 0.1) is 6.42 Å². The fourth-order valence-corrected chi connectivity index (χ4v) is 4.63. The van der Waals surface area contributed by atoms with Crippen LogP contribution in [0.15, 0.2) is 48.5 Å². The molecule has 7 nitrogen and oxygen atoms in total. The lowest BCUT2D eigenvalue weighted by molar-refractivity contribution is -0.138. The van der Waals surface area contributed by atoms with Crippen molar-refractivity contribution in [2.75, 3.05) is 6.61 Å². The highest BCUT2D eigenvalue weighted by Gasteiger charge is 2.36. The second-order valence-electron chi connectivity index (χ2n) is 10.7. The van der Waals surface area contributed by atoms with Gasteiger partial charge in [-0.05, 0) is 47.4 Å². The summed E-state index contributed by atoms with van der Waals surface area (Å²) in [5.74, 6) is -1.49. The van der Waals surface area contributed by atoms with E-state index in [-0.39, 0.29) is 24.4 Å². The van der Waals surface area contributed by atoms with Crippen LogP contribution in [0.4, 0.5) is 4.79 Å². The van der Waals surface area contributed by atoms with Gasteiger partial charge in [-0.25, -0.2) is 4.79 Å². The van der Waals surface area contributed by atoms with Crippen molar-refractivity contribution in [3.63, 3.8) is 0 Å². The van der Waals surface area contributed by atoms with Gasteiger partial charge in [0, 0.05) is 12.0 Å². The molecular weight excluding hydrogens is 444 g/mol. The number of fused-ring (bicyclic) bond motifs is 3. The van der Waals surface area contributed by atoms with Crippen molar-refractivity contribution in [3.8, 4) is 11.1 Å². The summed E-state index contributed by atoms with van der Waals surface area (Å²) in [7, 11) is 0. The summed E-state index contributed by atoms with van der Waals surface area (Å²) in [6.45, 7) is 9.52. The highest BCUT2D eigenvalue weighted by atomic mass is 16.5. The van der Waals surface area contributed by atoms with E-state index in [0.29, 0.717) is 12.8 Å². The lowest BCUT2D eigenvalue weighted by atomic mass is 9.86. The molecule has 7 heteroatoms. The van der Waals surface area contributed by atoms with E-state index in [0.717, 1.165) is 22.3 Å². The third kappa shape index (κ3) is 6.41. The summed E-state index contributed by atoms with van der Waals surface area (Å²) in [5, 5.41) is 14.8. The molecule has 0 aliphatic heterocycles. The van der Waals surface area contributed by atoms with Crippen LogP contribution in [-0.4, -0.2) is 41.3 Å². The molecule has 0 heterocycles. The molecule has 2 unspecified atom stereocenters. The summed E-state index contributed by atoms with van der Waals surface area (Å²) >= 11 is 0. The maximum absolute atomic E-state index is 13.1. The highest BCUT2D eigenvalue weighted by molar-refractivity contribution is 5.90. The van der Waals surface area contributed by atoms with E-state index >= 15 is 0 Å². The van der Waals surface area contributed by atoms with Crippen LogP contribution in [0.25, 0.3) is 11.1 Å². The summed E-state index contributed by atoms with van der Waals surface area (Å²) in [6, 6.07) is 15.6. The zero-order valence-corrected chi connectivity index (χ0v) is 21.2. The van der Waals surface area contributed by atoms with E-state index < -0.39 is 29.6 Å². The number of carboxylic acid groups (broad SMARTS) is 1. The molecule has 2 aromatic rings. The molecular formula is C28H36N2O5. The molecule has 188 valence electrons. The van der Waals surface area contributed by atoms with Gasteiger partial charge in [-0.15, -0.1) is 0 Å². The number of amides is 2. The van der Waals surface area contributed by atoms with Gasteiger partial charge >= 0.3 is 12.1 Å². The number of nitrogens with one attached hydrogen (secondary N) is 2. The lowest BCUT2D eigenvalue weighted by Gasteiger charge is -2.32. The number of ether oxygens (including phenoxy) is 1. The minimum absolute atomic E-state index is 0.0819. The van der Waals surface area contributed by atoms with Gasteiger partial charge in [-0.3, -0.25) is 9.59 Å². The maximum atomic E-state index is 13.1. The van der Waals surface area contributed by atoms with Crippen molar-refractivity contribution in [3.05, 3.63) is 59.7 Å². The number of carboxylic acids is 1. The number of hydrogen-bond donors (Lipinski definition) is 3. The van der Waals surface area contributed by atoms with E-state index in [1.165, 1.54) is 0 Å². The monoisotopic (exact) mass is 480 g/mol. The first-order chi connectivity index (χ1) is 16.4. The van der Waals surface area contributed by atoms with Crippen LogP contribution >= 0.6 is 0 Å². The Labute approximate surface area is 207 Å². The molecule has 1 aliphatic carbocycles. The number of hydrogen-bond acceptors (Lipinski definition) is 4. The van der Waals surface area contributed by atoms with Crippen LogP contribution < -0.4 is 10.6 Å². The topological polar surface area (TPSA) is 105 Å². The molecule has 0 spiro atoms. The van der Waals surface area contributed by atoms with Crippen molar-refractivity contribution < 1.29 is 24.2 Å². The molecule has 2 atom stereocenters. The predicted octanol–water partition coefficient (Wildman–Crippen LogP) is 5.09. The number of rotatable bonds is 9. The molecule has 0 saturated heterocycles. The van der Waals surface area contributed by atoms with Crippen LogP contribution in [0.1, 0.15) is 70.9 Å². The first kappa shape index (κ1) is 26.3. The Morgan fingerprint density at radius 2 is 1.51 bits per heavy atom. The molecule has 2 aromatic carbocycles. The molecule has 0 bridgehead atoms. The van der Waals surface area contributed by atoms with Gasteiger partial charge in [0.2, 0.25) is 5.91 Å². The average Bonchev–Trinajstić information content (AvgIpc) is 3.09. The van der Waals surface area contributed by atoms with Gasteiger partial charge in [0.15, 0.2) is 0 Å². The van der Waals surface area contributed by atoms with E-state index in [2.05, 4.69) is 22.8 Å². The number of alkyl carbamates (subject to hydrolysis) is 1. The third-order valence-corrected chi connectivity index (χ3v) is 6.54. The normalized spacial score (nSPS) is 15.3. The fourth-order valence-electron chi connectivity index (χ4n) is 4.63. The Bertz CT molecular complexity index is 1050. The third-order valence-electron chi connectivity index (χ3n) is 6.54. The Morgan fingerprint density at radius 1 is 0.971 bits per heavy atom. The van der Waals surface area contributed by atoms with Gasteiger partial charge in [0.25, 0.3) is 0 Å². The van der Waals surface area contributed by atoms with Crippen LogP contribution in [0.5, 0.6) is 0 Å². The molecule has 3 rings (SSSR count). The first-order valence-electron chi connectivity index (χ1n) is 12.1.